The highest BCUT2D eigenvalue weighted by Crippen LogP contribution is 2.17. The minimum absolute atomic E-state index is 0.0208. The zero-order valence-corrected chi connectivity index (χ0v) is 11.7. The van der Waals surface area contributed by atoms with Crippen LogP contribution in [-0.4, -0.2) is 20.6 Å². The number of pyridine rings is 1. The first-order valence-corrected chi connectivity index (χ1v) is 6.85. The summed E-state index contributed by atoms with van der Waals surface area (Å²) in [6, 6.07) is 9.93. The molecular formula is C15H15ClN4. The summed E-state index contributed by atoms with van der Waals surface area (Å²) < 4.78 is 2.08. The van der Waals surface area contributed by atoms with Crippen molar-refractivity contribution < 1.29 is 0 Å². The molecule has 0 spiro atoms. The number of rotatable bonds is 4. The van der Waals surface area contributed by atoms with E-state index in [2.05, 4.69) is 20.6 Å². The molecule has 0 aliphatic heterocycles. The van der Waals surface area contributed by atoms with Crippen LogP contribution >= 0.6 is 11.6 Å². The van der Waals surface area contributed by atoms with E-state index in [0.29, 0.717) is 18.0 Å². The van der Waals surface area contributed by atoms with E-state index >= 15 is 0 Å². The maximum atomic E-state index is 6.23. The van der Waals surface area contributed by atoms with Crippen LogP contribution in [0.25, 0.3) is 11.0 Å². The molecule has 2 N–H and O–H groups in total. The van der Waals surface area contributed by atoms with Crippen molar-refractivity contribution in [3.8, 4) is 0 Å². The van der Waals surface area contributed by atoms with Crippen molar-refractivity contribution in [2.45, 2.75) is 19.0 Å². The summed E-state index contributed by atoms with van der Waals surface area (Å²) in [6.45, 7) is 0.708. The molecule has 2 heterocycles. The fourth-order valence-corrected chi connectivity index (χ4v) is 2.52. The molecular weight excluding hydrogens is 272 g/mol. The van der Waals surface area contributed by atoms with Crippen LogP contribution in [-0.2, 0) is 13.0 Å². The Morgan fingerprint density at radius 1 is 1.25 bits per heavy atom. The summed E-state index contributed by atoms with van der Waals surface area (Å²) in [7, 11) is 0. The Morgan fingerprint density at radius 2 is 2.10 bits per heavy atom. The third kappa shape index (κ3) is 2.66. The standard InChI is InChI=1S/C15H15ClN4/c16-13-8-18-6-5-11(13)7-12(17)9-20-10-19-14-3-1-2-4-15(14)20/h1-6,8,10,12H,7,9,17H2. The van der Waals surface area contributed by atoms with Crippen LogP contribution in [0.4, 0.5) is 0 Å². The molecule has 3 rings (SSSR count). The van der Waals surface area contributed by atoms with E-state index in [1.165, 1.54) is 0 Å². The Kier molecular flexibility index (Phi) is 3.67. The van der Waals surface area contributed by atoms with Crippen LogP contribution in [0, 0.1) is 0 Å². The number of halogens is 1. The van der Waals surface area contributed by atoms with Gasteiger partial charge in [0.1, 0.15) is 0 Å². The maximum Gasteiger partial charge on any atom is 0.0958 e. The van der Waals surface area contributed by atoms with Crippen molar-refractivity contribution in [3.63, 3.8) is 0 Å². The van der Waals surface area contributed by atoms with Crippen LogP contribution in [0.3, 0.4) is 0 Å². The topological polar surface area (TPSA) is 56.7 Å². The zero-order valence-electron chi connectivity index (χ0n) is 10.9. The van der Waals surface area contributed by atoms with Gasteiger partial charge >= 0.3 is 0 Å². The Hall–Kier alpha value is -1.91. The normalized spacial score (nSPS) is 12.7. The van der Waals surface area contributed by atoms with E-state index in [1.807, 2.05) is 30.6 Å². The van der Waals surface area contributed by atoms with Gasteiger partial charge in [-0.05, 0) is 30.2 Å². The highest BCUT2D eigenvalue weighted by atomic mass is 35.5. The predicted octanol–water partition coefficient (Wildman–Crippen LogP) is 2.65. The number of aromatic nitrogens is 3. The number of benzene rings is 1. The van der Waals surface area contributed by atoms with Crippen LogP contribution in [0.15, 0.2) is 49.1 Å². The van der Waals surface area contributed by atoms with Crippen molar-refractivity contribution in [1.29, 1.82) is 0 Å². The summed E-state index contributed by atoms with van der Waals surface area (Å²) in [5.74, 6) is 0. The van der Waals surface area contributed by atoms with E-state index in [-0.39, 0.29) is 6.04 Å². The monoisotopic (exact) mass is 286 g/mol. The molecule has 0 aliphatic rings. The number of hydrogen-bond acceptors (Lipinski definition) is 3. The minimum Gasteiger partial charge on any atom is -0.329 e. The van der Waals surface area contributed by atoms with Crippen molar-refractivity contribution in [2.24, 2.45) is 5.73 Å². The average Bonchev–Trinajstić information content (AvgIpc) is 2.85. The first-order valence-electron chi connectivity index (χ1n) is 6.48. The summed E-state index contributed by atoms with van der Waals surface area (Å²) in [6.07, 6.45) is 5.93. The lowest BCUT2D eigenvalue weighted by Crippen LogP contribution is -2.28. The third-order valence-electron chi connectivity index (χ3n) is 3.30. The third-order valence-corrected chi connectivity index (χ3v) is 3.64. The number of para-hydroxylation sites is 2. The van der Waals surface area contributed by atoms with Crippen molar-refractivity contribution >= 4 is 22.6 Å². The van der Waals surface area contributed by atoms with Gasteiger partial charge in [-0.1, -0.05) is 23.7 Å². The second kappa shape index (κ2) is 5.61. The van der Waals surface area contributed by atoms with Gasteiger partial charge in [0, 0.05) is 25.0 Å². The van der Waals surface area contributed by atoms with E-state index in [4.69, 9.17) is 17.3 Å². The Balaban J connectivity index is 1.76. The van der Waals surface area contributed by atoms with Crippen molar-refractivity contribution in [3.05, 3.63) is 59.6 Å². The van der Waals surface area contributed by atoms with E-state index < -0.39 is 0 Å². The summed E-state index contributed by atoms with van der Waals surface area (Å²) in [5, 5.41) is 0.665. The van der Waals surface area contributed by atoms with E-state index in [0.717, 1.165) is 16.6 Å². The SMILES string of the molecule is NC(Cc1ccncc1Cl)Cn1cnc2ccccc21. The molecule has 4 nitrogen and oxygen atoms in total. The van der Waals surface area contributed by atoms with E-state index in [1.54, 1.807) is 12.4 Å². The van der Waals surface area contributed by atoms with Crippen LogP contribution < -0.4 is 5.73 Å². The van der Waals surface area contributed by atoms with Crippen LogP contribution in [0.2, 0.25) is 5.02 Å². The first kappa shape index (κ1) is 13.1. The molecule has 5 heteroatoms. The van der Waals surface area contributed by atoms with Gasteiger partial charge < -0.3 is 10.3 Å². The summed E-state index contributed by atoms with van der Waals surface area (Å²) >= 11 is 6.11. The quantitative estimate of drug-likeness (QED) is 0.802. The van der Waals surface area contributed by atoms with Gasteiger partial charge in [-0.2, -0.15) is 0 Å². The molecule has 0 radical (unpaired) electrons. The van der Waals surface area contributed by atoms with Gasteiger partial charge in [-0.25, -0.2) is 4.98 Å². The molecule has 0 saturated carbocycles. The predicted molar refractivity (Wildman–Crippen MR) is 80.7 cm³/mol. The minimum atomic E-state index is -0.0208. The Bertz CT molecular complexity index is 722. The molecule has 1 aromatic carbocycles. The fraction of sp³-hybridized carbons (Fsp3) is 0.200. The number of fused-ring (bicyclic) bond motifs is 1. The molecule has 0 fully saturated rings. The zero-order chi connectivity index (χ0) is 13.9. The van der Waals surface area contributed by atoms with Gasteiger partial charge in [0.25, 0.3) is 0 Å². The van der Waals surface area contributed by atoms with Crippen LogP contribution in [0.5, 0.6) is 0 Å². The second-order valence-corrected chi connectivity index (χ2v) is 5.22. The highest BCUT2D eigenvalue weighted by Gasteiger charge is 2.10. The smallest absolute Gasteiger partial charge is 0.0958 e. The Labute approximate surface area is 122 Å². The average molecular weight is 287 g/mol. The first-order chi connectivity index (χ1) is 9.74. The largest absolute Gasteiger partial charge is 0.329 e. The van der Waals surface area contributed by atoms with Gasteiger partial charge in [-0.3, -0.25) is 4.98 Å². The number of nitrogens with zero attached hydrogens (tertiary/aromatic N) is 3. The molecule has 20 heavy (non-hydrogen) atoms. The molecule has 0 aliphatic carbocycles. The molecule has 0 bridgehead atoms. The molecule has 0 saturated heterocycles. The molecule has 102 valence electrons. The second-order valence-electron chi connectivity index (χ2n) is 4.82. The number of hydrogen-bond donors (Lipinski definition) is 1. The summed E-state index contributed by atoms with van der Waals surface area (Å²) in [5.41, 5.74) is 9.34. The van der Waals surface area contributed by atoms with Gasteiger partial charge in [0.2, 0.25) is 0 Å². The van der Waals surface area contributed by atoms with Crippen molar-refractivity contribution in [1.82, 2.24) is 14.5 Å². The lowest BCUT2D eigenvalue weighted by atomic mass is 10.1. The lowest BCUT2D eigenvalue weighted by molar-refractivity contribution is 0.559. The molecule has 3 aromatic rings. The molecule has 0 amide bonds. The van der Waals surface area contributed by atoms with Gasteiger partial charge in [0.05, 0.1) is 22.4 Å². The van der Waals surface area contributed by atoms with Gasteiger partial charge in [0.15, 0.2) is 0 Å². The van der Waals surface area contributed by atoms with Crippen LogP contribution in [0.1, 0.15) is 5.56 Å². The highest BCUT2D eigenvalue weighted by molar-refractivity contribution is 6.31. The number of nitrogens with two attached hydrogens (primary N) is 1. The Morgan fingerprint density at radius 3 is 2.95 bits per heavy atom. The molecule has 1 atom stereocenters. The van der Waals surface area contributed by atoms with E-state index in [9.17, 15) is 0 Å². The summed E-state index contributed by atoms with van der Waals surface area (Å²) in [4.78, 5) is 8.35. The maximum absolute atomic E-state index is 6.23. The van der Waals surface area contributed by atoms with Crippen molar-refractivity contribution in [2.75, 3.05) is 0 Å². The molecule has 2 aromatic heterocycles. The number of imidazole rings is 1. The lowest BCUT2D eigenvalue weighted by Gasteiger charge is -2.14. The molecule has 1 unspecified atom stereocenters. The fourth-order valence-electron chi connectivity index (χ4n) is 2.32. The van der Waals surface area contributed by atoms with Gasteiger partial charge in [-0.15, -0.1) is 0 Å².